The van der Waals surface area contributed by atoms with Crippen LogP contribution in [0.2, 0.25) is 0 Å². The first kappa shape index (κ1) is 17.5. The first-order valence-corrected chi connectivity index (χ1v) is 7.74. The van der Waals surface area contributed by atoms with Crippen LogP contribution in [0.15, 0.2) is 37.4 Å². The van der Waals surface area contributed by atoms with Crippen molar-refractivity contribution in [1.29, 1.82) is 0 Å². The Labute approximate surface area is 140 Å². The van der Waals surface area contributed by atoms with E-state index in [9.17, 15) is 9.59 Å². The summed E-state index contributed by atoms with van der Waals surface area (Å²) in [4.78, 5) is 22.0. The molecule has 0 amide bonds. The molecule has 24 heavy (non-hydrogen) atoms. The summed E-state index contributed by atoms with van der Waals surface area (Å²) in [5.74, 6) is -1.71. The van der Waals surface area contributed by atoms with Gasteiger partial charge in [0.2, 0.25) is 0 Å². The number of carbonyl (C=O) groups is 2. The molecule has 0 aliphatic heterocycles. The molecule has 124 valence electrons. The maximum Gasteiger partial charge on any atom is 0.303 e. The zero-order chi connectivity index (χ0) is 17.7. The quantitative estimate of drug-likeness (QED) is 0.764. The van der Waals surface area contributed by atoms with Gasteiger partial charge in [0.1, 0.15) is 0 Å². The molecule has 4 nitrogen and oxygen atoms in total. The predicted octanol–water partition coefficient (Wildman–Crippen LogP) is 4.16. The van der Waals surface area contributed by atoms with E-state index < -0.39 is 11.9 Å². The van der Waals surface area contributed by atoms with E-state index in [1.807, 2.05) is 24.3 Å². The number of benzene rings is 2. The molecule has 0 radical (unpaired) electrons. The van der Waals surface area contributed by atoms with E-state index in [0.717, 1.165) is 33.0 Å². The normalized spacial score (nSPS) is 10.5. The summed E-state index contributed by atoms with van der Waals surface area (Å²) in [7, 11) is 0. The van der Waals surface area contributed by atoms with Crippen LogP contribution >= 0.6 is 0 Å². The average molecular weight is 324 g/mol. The second-order valence-electron chi connectivity index (χ2n) is 5.53. The van der Waals surface area contributed by atoms with Gasteiger partial charge >= 0.3 is 11.9 Å². The Morgan fingerprint density at radius 1 is 0.833 bits per heavy atom. The molecule has 0 unspecified atom stereocenters. The fourth-order valence-corrected chi connectivity index (χ4v) is 3.09. The second kappa shape index (κ2) is 7.59. The third kappa shape index (κ3) is 3.54. The minimum Gasteiger partial charge on any atom is -0.481 e. The molecule has 0 aromatic heterocycles. The van der Waals surface area contributed by atoms with Gasteiger partial charge in [0.15, 0.2) is 0 Å². The molecule has 2 aromatic rings. The zero-order valence-electron chi connectivity index (χ0n) is 13.4. The van der Waals surface area contributed by atoms with E-state index in [1.54, 1.807) is 12.2 Å². The van der Waals surface area contributed by atoms with E-state index in [4.69, 9.17) is 10.2 Å². The van der Waals surface area contributed by atoms with Crippen LogP contribution in [0.1, 0.15) is 35.1 Å². The van der Waals surface area contributed by atoms with Gasteiger partial charge in [0, 0.05) is 12.8 Å². The van der Waals surface area contributed by atoms with Gasteiger partial charge in [0.25, 0.3) is 0 Å². The van der Waals surface area contributed by atoms with Crippen molar-refractivity contribution in [2.75, 3.05) is 0 Å². The van der Waals surface area contributed by atoms with E-state index in [0.29, 0.717) is 12.8 Å². The molecule has 0 saturated carbocycles. The number of carboxylic acids is 2. The van der Waals surface area contributed by atoms with Crippen LogP contribution in [0.3, 0.4) is 0 Å². The van der Waals surface area contributed by atoms with Crippen molar-refractivity contribution in [3.63, 3.8) is 0 Å². The summed E-state index contributed by atoms with van der Waals surface area (Å²) >= 11 is 0. The SMILES string of the molecule is C=Cc1c(C=C)c(CCC(=O)O)c2ccccc2c1CCC(=O)O. The topological polar surface area (TPSA) is 74.6 Å². The van der Waals surface area contributed by atoms with Crippen molar-refractivity contribution in [3.05, 3.63) is 59.7 Å². The minimum absolute atomic E-state index is 0.0237. The molecule has 0 fully saturated rings. The highest BCUT2D eigenvalue weighted by Crippen LogP contribution is 2.34. The number of fused-ring (bicyclic) bond motifs is 1. The maximum atomic E-state index is 11.0. The Hall–Kier alpha value is -2.88. The minimum atomic E-state index is -0.857. The summed E-state index contributed by atoms with van der Waals surface area (Å²) in [6.07, 6.45) is 4.22. The number of aliphatic carboxylic acids is 2. The van der Waals surface area contributed by atoms with Crippen LogP contribution in [0, 0.1) is 0 Å². The molecular formula is C20H20O4. The molecule has 2 rings (SSSR count). The Morgan fingerprint density at radius 2 is 1.21 bits per heavy atom. The molecule has 0 bridgehead atoms. The van der Waals surface area contributed by atoms with Gasteiger partial charge in [-0.1, -0.05) is 49.6 Å². The van der Waals surface area contributed by atoms with Crippen molar-refractivity contribution >= 4 is 34.9 Å². The molecule has 4 heteroatoms. The highest BCUT2D eigenvalue weighted by atomic mass is 16.4. The highest BCUT2D eigenvalue weighted by molar-refractivity contribution is 5.96. The van der Waals surface area contributed by atoms with Crippen LogP contribution < -0.4 is 0 Å². The smallest absolute Gasteiger partial charge is 0.303 e. The highest BCUT2D eigenvalue weighted by Gasteiger charge is 2.17. The van der Waals surface area contributed by atoms with Crippen molar-refractivity contribution < 1.29 is 19.8 Å². The Morgan fingerprint density at radius 3 is 1.50 bits per heavy atom. The van der Waals surface area contributed by atoms with E-state index in [-0.39, 0.29) is 12.8 Å². The summed E-state index contributed by atoms with van der Waals surface area (Å²) in [5, 5.41) is 19.9. The number of rotatable bonds is 8. The Bertz CT molecular complexity index is 749. The summed E-state index contributed by atoms with van der Waals surface area (Å²) in [5.41, 5.74) is 3.50. The van der Waals surface area contributed by atoms with Crippen molar-refractivity contribution in [2.45, 2.75) is 25.7 Å². The Balaban J connectivity index is 2.75. The molecule has 0 saturated heterocycles. The van der Waals surface area contributed by atoms with Crippen molar-refractivity contribution in [1.82, 2.24) is 0 Å². The predicted molar refractivity (Wildman–Crippen MR) is 96.0 cm³/mol. The average Bonchev–Trinajstić information content (AvgIpc) is 2.56. The Kier molecular flexibility index (Phi) is 5.53. The van der Waals surface area contributed by atoms with Crippen LogP contribution in [0.25, 0.3) is 22.9 Å². The lowest BCUT2D eigenvalue weighted by atomic mass is 9.85. The molecule has 0 heterocycles. The summed E-state index contributed by atoms with van der Waals surface area (Å²) < 4.78 is 0. The fraction of sp³-hybridized carbons (Fsp3) is 0.200. The fourth-order valence-electron chi connectivity index (χ4n) is 3.09. The molecule has 0 atom stereocenters. The number of carboxylic acid groups (broad SMARTS) is 2. The lowest BCUT2D eigenvalue weighted by Crippen LogP contribution is -2.06. The molecular weight excluding hydrogens is 304 g/mol. The molecule has 2 aromatic carbocycles. The van der Waals surface area contributed by atoms with E-state index >= 15 is 0 Å². The second-order valence-corrected chi connectivity index (χ2v) is 5.53. The van der Waals surface area contributed by atoms with Gasteiger partial charge in [0.05, 0.1) is 0 Å². The van der Waals surface area contributed by atoms with Gasteiger partial charge in [-0.05, 0) is 45.9 Å². The van der Waals surface area contributed by atoms with E-state index in [2.05, 4.69) is 13.2 Å². The van der Waals surface area contributed by atoms with Crippen LogP contribution in [0.4, 0.5) is 0 Å². The van der Waals surface area contributed by atoms with Gasteiger partial charge in [-0.2, -0.15) is 0 Å². The zero-order valence-corrected chi connectivity index (χ0v) is 13.4. The lowest BCUT2D eigenvalue weighted by Gasteiger charge is -2.19. The molecule has 2 N–H and O–H groups in total. The number of aryl methyl sites for hydroxylation is 2. The third-order valence-corrected chi connectivity index (χ3v) is 4.10. The first-order valence-electron chi connectivity index (χ1n) is 7.74. The third-order valence-electron chi connectivity index (χ3n) is 4.10. The van der Waals surface area contributed by atoms with Crippen LogP contribution in [0.5, 0.6) is 0 Å². The van der Waals surface area contributed by atoms with Gasteiger partial charge in [-0.15, -0.1) is 0 Å². The van der Waals surface area contributed by atoms with E-state index in [1.165, 1.54) is 0 Å². The van der Waals surface area contributed by atoms with Crippen LogP contribution in [-0.2, 0) is 22.4 Å². The molecule has 0 spiro atoms. The van der Waals surface area contributed by atoms with Crippen molar-refractivity contribution in [3.8, 4) is 0 Å². The molecule has 0 aliphatic rings. The van der Waals surface area contributed by atoms with Crippen LogP contribution in [-0.4, -0.2) is 22.2 Å². The largest absolute Gasteiger partial charge is 0.481 e. The lowest BCUT2D eigenvalue weighted by molar-refractivity contribution is -0.138. The summed E-state index contributed by atoms with van der Waals surface area (Å²) in [6, 6.07) is 7.68. The number of hydrogen-bond acceptors (Lipinski definition) is 2. The number of hydrogen-bond donors (Lipinski definition) is 2. The standard InChI is InChI=1S/C20H20O4/c1-3-13-14(4-2)18(10-12-20(23)24)16-8-6-5-7-15(16)17(13)9-11-19(21)22/h3-8H,1-2,9-12H2,(H,21,22)(H,23,24). The maximum absolute atomic E-state index is 11.0. The van der Waals surface area contributed by atoms with Crippen molar-refractivity contribution in [2.24, 2.45) is 0 Å². The summed E-state index contributed by atoms with van der Waals surface area (Å²) in [6.45, 7) is 7.72. The van der Waals surface area contributed by atoms with Gasteiger partial charge in [-0.3, -0.25) is 9.59 Å². The van der Waals surface area contributed by atoms with Gasteiger partial charge < -0.3 is 10.2 Å². The monoisotopic (exact) mass is 324 g/mol. The first-order chi connectivity index (χ1) is 11.5. The van der Waals surface area contributed by atoms with Gasteiger partial charge in [-0.25, -0.2) is 0 Å². The molecule has 0 aliphatic carbocycles.